The number of aromatic hydroxyl groups is 4. The third-order valence-corrected chi connectivity index (χ3v) is 9.01. The highest BCUT2D eigenvalue weighted by Gasteiger charge is 2.50. The van der Waals surface area contributed by atoms with Crippen LogP contribution < -0.4 is 10.2 Å². The summed E-state index contributed by atoms with van der Waals surface area (Å²) in [5.74, 6) is -3.53. The predicted octanol–water partition coefficient (Wildman–Crippen LogP) is -3.22. The maximum atomic E-state index is 13.8. The number of aliphatic hydroxyl groups excluding tert-OH is 8. The van der Waals surface area contributed by atoms with Gasteiger partial charge in [0.25, 0.3) is 0 Å². The van der Waals surface area contributed by atoms with E-state index < -0.39 is 145 Å². The monoisotopic (exact) mass is 742 g/mol. The van der Waals surface area contributed by atoms with Gasteiger partial charge in [0, 0.05) is 17.7 Å². The van der Waals surface area contributed by atoms with Crippen LogP contribution in [0.3, 0.4) is 0 Å². The number of fused-ring (bicyclic) bond motifs is 1. The van der Waals surface area contributed by atoms with Gasteiger partial charge in [0.05, 0.1) is 19.3 Å². The Morgan fingerprint density at radius 3 is 2.15 bits per heavy atom. The van der Waals surface area contributed by atoms with Gasteiger partial charge in [0.1, 0.15) is 83.5 Å². The van der Waals surface area contributed by atoms with Crippen LogP contribution in [0.15, 0.2) is 39.5 Å². The van der Waals surface area contributed by atoms with Crippen molar-refractivity contribution in [2.45, 2.75) is 92.9 Å². The van der Waals surface area contributed by atoms with E-state index in [1.807, 2.05) is 0 Å². The van der Waals surface area contributed by atoms with E-state index in [0.29, 0.717) is 0 Å². The molecule has 0 aliphatic carbocycles. The molecule has 20 heteroatoms. The largest absolute Gasteiger partial charge is 0.508 e. The van der Waals surface area contributed by atoms with Gasteiger partial charge in [-0.2, -0.15) is 0 Å². The van der Waals surface area contributed by atoms with Gasteiger partial charge in [-0.1, -0.05) is 0 Å². The van der Waals surface area contributed by atoms with Gasteiger partial charge in [-0.05, 0) is 25.1 Å². The molecule has 3 aliphatic rings. The lowest BCUT2D eigenvalue weighted by Gasteiger charge is -2.45. The molecule has 52 heavy (non-hydrogen) atoms. The third kappa shape index (κ3) is 7.09. The van der Waals surface area contributed by atoms with E-state index in [1.165, 1.54) is 13.0 Å². The zero-order valence-electron chi connectivity index (χ0n) is 27.0. The van der Waals surface area contributed by atoms with Gasteiger partial charge in [-0.15, -0.1) is 0 Å². The first kappa shape index (κ1) is 37.9. The normalized spacial score (nSPS) is 36.9. The summed E-state index contributed by atoms with van der Waals surface area (Å²) in [5, 5.41) is 124. The molecular weight excluding hydrogens is 704 g/mol. The predicted molar refractivity (Wildman–Crippen MR) is 167 cm³/mol. The number of phenolic OH excluding ortho intramolecular Hbond substituents is 4. The summed E-state index contributed by atoms with van der Waals surface area (Å²) in [7, 11) is 0. The van der Waals surface area contributed by atoms with Gasteiger partial charge in [-0.3, -0.25) is 4.79 Å². The molecule has 20 nitrogen and oxygen atoms in total. The maximum absolute atomic E-state index is 13.8. The molecule has 1 aromatic heterocycles. The summed E-state index contributed by atoms with van der Waals surface area (Å²) < 4.78 is 39.5. The Bertz CT molecular complexity index is 1800. The Labute approximate surface area is 292 Å². The van der Waals surface area contributed by atoms with Gasteiger partial charge in [0.2, 0.25) is 17.5 Å². The van der Waals surface area contributed by atoms with Gasteiger partial charge in [0.15, 0.2) is 29.8 Å². The fourth-order valence-corrected chi connectivity index (χ4v) is 6.02. The minimum Gasteiger partial charge on any atom is -0.508 e. The van der Waals surface area contributed by atoms with Gasteiger partial charge in [-0.25, -0.2) is 0 Å². The lowest BCUT2D eigenvalue weighted by molar-refractivity contribution is -0.359. The molecule has 0 radical (unpaired) electrons. The van der Waals surface area contributed by atoms with Crippen molar-refractivity contribution < 1.29 is 94.1 Å². The zero-order chi connectivity index (χ0) is 37.8. The van der Waals surface area contributed by atoms with E-state index in [1.54, 1.807) is 0 Å². The molecule has 2 aromatic carbocycles. The number of benzene rings is 2. The van der Waals surface area contributed by atoms with Crippen LogP contribution in [0.1, 0.15) is 6.92 Å². The molecule has 286 valence electrons. The quantitative estimate of drug-likeness (QED) is 0.101. The summed E-state index contributed by atoms with van der Waals surface area (Å²) in [6, 6.07) is 5.14. The molecule has 14 atom stereocenters. The molecule has 3 aromatic rings. The van der Waals surface area contributed by atoms with Crippen LogP contribution in [-0.2, 0) is 23.7 Å². The topological polar surface area (TPSA) is 328 Å². The van der Waals surface area contributed by atoms with Gasteiger partial charge < -0.3 is 94.1 Å². The third-order valence-electron chi connectivity index (χ3n) is 9.01. The second-order valence-electron chi connectivity index (χ2n) is 12.6. The first-order valence-corrected chi connectivity index (χ1v) is 15.9. The number of phenols is 4. The lowest BCUT2D eigenvalue weighted by atomic mass is 9.98. The molecule has 0 amide bonds. The number of hydrogen-bond acceptors (Lipinski definition) is 20. The second-order valence-corrected chi connectivity index (χ2v) is 12.6. The Kier molecular flexibility index (Phi) is 10.8. The summed E-state index contributed by atoms with van der Waals surface area (Å²) in [5.41, 5.74) is -1.46. The summed E-state index contributed by atoms with van der Waals surface area (Å²) in [6.45, 7) is 0.238. The van der Waals surface area contributed by atoms with Crippen molar-refractivity contribution in [2.24, 2.45) is 0 Å². The van der Waals surface area contributed by atoms with Crippen molar-refractivity contribution in [2.75, 3.05) is 13.2 Å². The van der Waals surface area contributed by atoms with E-state index in [9.17, 15) is 66.1 Å². The molecule has 3 aliphatic heterocycles. The maximum Gasteiger partial charge on any atom is 0.239 e. The van der Waals surface area contributed by atoms with Crippen LogP contribution in [0.4, 0.5) is 0 Å². The molecule has 0 saturated carbocycles. The summed E-state index contributed by atoms with van der Waals surface area (Å²) >= 11 is 0. The minimum absolute atomic E-state index is 0.0673. The molecule has 3 saturated heterocycles. The SMILES string of the molecule is C[C@@H]1O[C@@H](OC[C@H]2O[C@@H](Oc3c(-c4ccc(O)c(O)c4)oc4cc(O)cc(O)c4c3=O)[C@H](O)[C@@H](O)[C@@H]2O)[C@@H](O[C@@H]2OC[C@H](O)[C@H](O)[C@@H]2O)[C@H](O)[C@H]1O. The van der Waals surface area contributed by atoms with E-state index in [2.05, 4.69) is 0 Å². The minimum atomic E-state index is -2.04. The molecular formula is C32H38O20. The number of ether oxygens (including phenoxy) is 6. The molecule has 12 N–H and O–H groups in total. The average molecular weight is 743 g/mol. The Hall–Kier alpha value is -3.87. The van der Waals surface area contributed by atoms with Crippen LogP contribution in [-0.4, -0.2) is 161 Å². The lowest BCUT2D eigenvalue weighted by Crippen LogP contribution is -2.63. The second kappa shape index (κ2) is 14.9. The average Bonchev–Trinajstić information content (AvgIpc) is 3.10. The first-order chi connectivity index (χ1) is 24.6. The molecule has 4 heterocycles. The van der Waals surface area contributed by atoms with Crippen LogP contribution in [0, 0.1) is 0 Å². The fourth-order valence-electron chi connectivity index (χ4n) is 6.02. The molecule has 6 rings (SSSR count). The fraction of sp³-hybridized carbons (Fsp3) is 0.531. The van der Waals surface area contributed by atoms with Crippen molar-refractivity contribution in [3.63, 3.8) is 0 Å². The standard InChI is InChI=1S/C32H38O20/c1-9-19(38)24(43)29(52-30-25(44)20(39)15(37)7-46-30)32(48-9)47-8-17-21(40)23(42)26(45)31(50-17)51-28-22(41)18-14(36)5-11(33)6-16(18)49-27(28)10-2-3-12(34)13(35)4-10/h2-6,9,15,17,19-21,23-26,29-40,42-45H,7-8H2,1H3/t9-,15-,17+,19-,20-,21+,23-,24+,25-,26+,29-,30-,31-,32+/m0/s1. The smallest absolute Gasteiger partial charge is 0.239 e. The summed E-state index contributed by atoms with van der Waals surface area (Å²) in [6.07, 6.45) is -23.5. The number of rotatable bonds is 8. The van der Waals surface area contributed by atoms with Crippen molar-refractivity contribution in [1.29, 1.82) is 0 Å². The van der Waals surface area contributed by atoms with E-state index >= 15 is 0 Å². The van der Waals surface area contributed by atoms with E-state index in [4.69, 9.17) is 32.8 Å². The Morgan fingerprint density at radius 2 is 1.44 bits per heavy atom. The zero-order valence-corrected chi connectivity index (χ0v) is 27.0. The van der Waals surface area contributed by atoms with Crippen LogP contribution >= 0.6 is 0 Å². The van der Waals surface area contributed by atoms with Crippen molar-refractivity contribution >= 4 is 11.0 Å². The summed E-state index contributed by atoms with van der Waals surface area (Å²) in [4.78, 5) is 13.8. The highest BCUT2D eigenvalue weighted by Crippen LogP contribution is 2.39. The van der Waals surface area contributed by atoms with Crippen LogP contribution in [0.2, 0.25) is 0 Å². The Balaban J connectivity index is 1.27. The molecule has 3 fully saturated rings. The first-order valence-electron chi connectivity index (χ1n) is 15.9. The number of hydrogen-bond donors (Lipinski definition) is 12. The molecule has 0 unspecified atom stereocenters. The van der Waals surface area contributed by atoms with Crippen molar-refractivity contribution in [3.8, 4) is 40.1 Å². The molecule has 0 spiro atoms. The highest BCUT2D eigenvalue weighted by molar-refractivity contribution is 5.88. The van der Waals surface area contributed by atoms with Crippen LogP contribution in [0.25, 0.3) is 22.3 Å². The molecule has 0 bridgehead atoms. The number of aliphatic hydroxyl groups is 8. The van der Waals surface area contributed by atoms with Crippen LogP contribution in [0.5, 0.6) is 28.7 Å². The Morgan fingerprint density at radius 1 is 0.731 bits per heavy atom. The van der Waals surface area contributed by atoms with Gasteiger partial charge >= 0.3 is 0 Å². The highest BCUT2D eigenvalue weighted by atomic mass is 16.8. The van der Waals surface area contributed by atoms with Crippen molar-refractivity contribution in [3.05, 3.63) is 40.6 Å². The van der Waals surface area contributed by atoms with E-state index in [-0.39, 0.29) is 11.1 Å². The van der Waals surface area contributed by atoms with Crippen molar-refractivity contribution in [1.82, 2.24) is 0 Å². The van der Waals surface area contributed by atoms with E-state index in [0.717, 1.165) is 24.3 Å².